The molecule has 0 aliphatic heterocycles. The van der Waals surface area contributed by atoms with E-state index in [2.05, 4.69) is 15.5 Å². The lowest BCUT2D eigenvalue weighted by Crippen LogP contribution is -2.37. The highest BCUT2D eigenvalue weighted by atomic mass is 35.5. The normalized spacial score (nSPS) is 12.0. The van der Waals surface area contributed by atoms with Gasteiger partial charge in [-0.05, 0) is 26.8 Å². The number of aryl methyl sites for hydroxylation is 2. The van der Waals surface area contributed by atoms with Gasteiger partial charge in [-0.25, -0.2) is 4.98 Å². The number of fused-ring (bicyclic) bond motifs is 1. The van der Waals surface area contributed by atoms with Crippen molar-refractivity contribution in [2.75, 3.05) is 6.54 Å². The van der Waals surface area contributed by atoms with Crippen LogP contribution in [0.1, 0.15) is 28.7 Å². The quantitative estimate of drug-likeness (QED) is 0.887. The molecule has 104 valence electrons. The topological polar surface area (TPSA) is 94.0 Å². The van der Waals surface area contributed by atoms with E-state index in [0.717, 1.165) is 0 Å². The minimum absolute atomic E-state index is 0. The van der Waals surface area contributed by atoms with Crippen molar-refractivity contribution in [1.29, 1.82) is 0 Å². The summed E-state index contributed by atoms with van der Waals surface area (Å²) in [6, 6.07) is 1.65. The van der Waals surface area contributed by atoms with Gasteiger partial charge in [-0.1, -0.05) is 5.16 Å². The Bertz CT molecular complexity index is 597. The third-order valence-corrected chi connectivity index (χ3v) is 2.72. The fourth-order valence-corrected chi connectivity index (χ4v) is 1.76. The maximum atomic E-state index is 12.2. The first-order valence-corrected chi connectivity index (χ1v) is 5.77. The molecule has 2 rings (SSSR count). The lowest BCUT2D eigenvalue weighted by molar-refractivity contribution is 0.0942. The van der Waals surface area contributed by atoms with Crippen LogP contribution in [0.15, 0.2) is 10.6 Å². The Kier molecular flexibility index (Phi) is 4.85. The van der Waals surface area contributed by atoms with Crippen LogP contribution in [0, 0.1) is 13.8 Å². The molecule has 2 aromatic rings. The first-order chi connectivity index (χ1) is 8.52. The summed E-state index contributed by atoms with van der Waals surface area (Å²) >= 11 is 0. The Morgan fingerprint density at radius 2 is 2.21 bits per heavy atom. The van der Waals surface area contributed by atoms with E-state index in [-0.39, 0.29) is 24.4 Å². The number of rotatable bonds is 3. The number of nitrogens with one attached hydrogen (secondary N) is 1. The molecule has 0 aliphatic carbocycles. The van der Waals surface area contributed by atoms with Gasteiger partial charge >= 0.3 is 0 Å². The van der Waals surface area contributed by atoms with Crippen LogP contribution in [0.25, 0.3) is 11.1 Å². The van der Waals surface area contributed by atoms with Crippen molar-refractivity contribution >= 4 is 29.4 Å². The molecule has 1 atom stereocenters. The summed E-state index contributed by atoms with van der Waals surface area (Å²) in [6.45, 7) is 5.83. The van der Waals surface area contributed by atoms with Crippen LogP contribution in [0.2, 0.25) is 0 Å². The SMILES string of the molecule is Cc1cc(C(=O)N[C@@H](C)CN)c2c(C)noc2n1.Cl. The molecule has 6 nitrogen and oxygen atoms in total. The molecule has 0 aromatic carbocycles. The Balaban J connectivity index is 0.00000180. The second-order valence-corrected chi connectivity index (χ2v) is 4.37. The van der Waals surface area contributed by atoms with Gasteiger partial charge in [-0.2, -0.15) is 0 Å². The highest BCUT2D eigenvalue weighted by Gasteiger charge is 2.18. The number of halogens is 1. The van der Waals surface area contributed by atoms with E-state index in [4.69, 9.17) is 10.3 Å². The molecule has 0 saturated heterocycles. The van der Waals surface area contributed by atoms with Crippen molar-refractivity contribution in [3.8, 4) is 0 Å². The van der Waals surface area contributed by atoms with Crippen molar-refractivity contribution in [1.82, 2.24) is 15.5 Å². The second kappa shape index (κ2) is 5.99. The van der Waals surface area contributed by atoms with Crippen molar-refractivity contribution in [3.63, 3.8) is 0 Å². The summed E-state index contributed by atoms with van der Waals surface area (Å²) < 4.78 is 5.09. The number of hydrogen-bond acceptors (Lipinski definition) is 5. The number of nitrogens with two attached hydrogens (primary N) is 1. The zero-order valence-electron chi connectivity index (χ0n) is 11.1. The molecule has 2 heterocycles. The zero-order valence-corrected chi connectivity index (χ0v) is 11.9. The van der Waals surface area contributed by atoms with E-state index in [1.165, 1.54) is 0 Å². The molecule has 19 heavy (non-hydrogen) atoms. The smallest absolute Gasteiger partial charge is 0.258 e. The molecule has 0 radical (unpaired) electrons. The van der Waals surface area contributed by atoms with Gasteiger partial charge in [0.2, 0.25) is 0 Å². The predicted octanol–water partition coefficient (Wildman–Crippen LogP) is 1.34. The number of nitrogens with zero attached hydrogens (tertiary/aromatic N) is 2. The lowest BCUT2D eigenvalue weighted by atomic mass is 10.1. The van der Waals surface area contributed by atoms with E-state index in [1.54, 1.807) is 19.9 Å². The van der Waals surface area contributed by atoms with Crippen LogP contribution in [-0.4, -0.2) is 28.6 Å². The summed E-state index contributed by atoms with van der Waals surface area (Å²) in [6.07, 6.45) is 0. The van der Waals surface area contributed by atoms with Crippen molar-refractivity contribution in [2.45, 2.75) is 26.8 Å². The monoisotopic (exact) mass is 284 g/mol. The predicted molar refractivity (Wildman–Crippen MR) is 74.5 cm³/mol. The number of hydrogen-bond donors (Lipinski definition) is 2. The van der Waals surface area contributed by atoms with Crippen molar-refractivity contribution in [3.05, 3.63) is 23.0 Å². The van der Waals surface area contributed by atoms with E-state index < -0.39 is 0 Å². The van der Waals surface area contributed by atoms with Gasteiger partial charge in [0, 0.05) is 18.3 Å². The summed E-state index contributed by atoms with van der Waals surface area (Å²) in [5.41, 5.74) is 7.77. The average Bonchev–Trinajstić information content (AvgIpc) is 2.69. The number of pyridine rings is 1. The molecular formula is C12H17ClN4O2. The summed E-state index contributed by atoms with van der Waals surface area (Å²) in [7, 11) is 0. The van der Waals surface area contributed by atoms with Gasteiger partial charge in [-0.15, -0.1) is 12.4 Å². The van der Waals surface area contributed by atoms with Crippen LogP contribution >= 0.6 is 12.4 Å². The Labute approximate surface area is 117 Å². The van der Waals surface area contributed by atoms with E-state index in [0.29, 0.717) is 34.6 Å². The fraction of sp³-hybridized carbons (Fsp3) is 0.417. The highest BCUT2D eigenvalue weighted by Crippen LogP contribution is 2.21. The number of aromatic nitrogens is 2. The summed E-state index contributed by atoms with van der Waals surface area (Å²) in [4.78, 5) is 16.4. The van der Waals surface area contributed by atoms with Gasteiger partial charge in [0.25, 0.3) is 11.6 Å². The molecule has 2 aromatic heterocycles. The minimum atomic E-state index is -0.185. The Hall–Kier alpha value is -1.66. The number of carbonyl (C=O) groups excluding carboxylic acids is 1. The first kappa shape index (κ1) is 15.4. The van der Waals surface area contributed by atoms with Crippen LogP contribution < -0.4 is 11.1 Å². The molecule has 0 bridgehead atoms. The third-order valence-electron chi connectivity index (χ3n) is 2.72. The molecule has 0 aliphatic rings. The molecule has 0 unspecified atom stereocenters. The maximum absolute atomic E-state index is 12.2. The first-order valence-electron chi connectivity index (χ1n) is 5.77. The van der Waals surface area contributed by atoms with E-state index >= 15 is 0 Å². The lowest BCUT2D eigenvalue weighted by Gasteiger charge is -2.11. The van der Waals surface area contributed by atoms with Crippen LogP contribution in [0.3, 0.4) is 0 Å². The zero-order chi connectivity index (χ0) is 13.3. The standard InChI is InChI=1S/C12H16N4O2.ClH/c1-6-4-9(11(17)14-7(2)5-13)10-8(3)16-18-12(10)15-6;/h4,7H,5,13H2,1-3H3,(H,14,17);1H/t7-;/m0./s1. The molecule has 3 N–H and O–H groups in total. The Morgan fingerprint density at radius 3 is 2.84 bits per heavy atom. The highest BCUT2D eigenvalue weighted by molar-refractivity contribution is 6.06. The molecule has 0 fully saturated rings. The second-order valence-electron chi connectivity index (χ2n) is 4.37. The Morgan fingerprint density at radius 1 is 1.53 bits per heavy atom. The molecular weight excluding hydrogens is 268 g/mol. The average molecular weight is 285 g/mol. The van der Waals surface area contributed by atoms with E-state index in [1.807, 2.05) is 6.92 Å². The third kappa shape index (κ3) is 3.02. The van der Waals surface area contributed by atoms with Gasteiger partial charge in [0.05, 0.1) is 16.6 Å². The molecule has 0 spiro atoms. The van der Waals surface area contributed by atoms with Gasteiger partial charge in [-0.3, -0.25) is 4.79 Å². The summed E-state index contributed by atoms with van der Waals surface area (Å²) in [5, 5.41) is 7.31. The largest absolute Gasteiger partial charge is 0.348 e. The van der Waals surface area contributed by atoms with E-state index in [9.17, 15) is 4.79 Å². The van der Waals surface area contributed by atoms with Gasteiger partial charge < -0.3 is 15.6 Å². The van der Waals surface area contributed by atoms with Crippen LogP contribution in [0.4, 0.5) is 0 Å². The maximum Gasteiger partial charge on any atom is 0.258 e. The molecule has 0 saturated carbocycles. The van der Waals surface area contributed by atoms with Crippen molar-refractivity contribution < 1.29 is 9.32 Å². The molecule has 1 amide bonds. The van der Waals surface area contributed by atoms with Crippen LogP contribution in [0.5, 0.6) is 0 Å². The number of carbonyl (C=O) groups is 1. The number of amides is 1. The summed E-state index contributed by atoms with van der Waals surface area (Å²) in [5.74, 6) is -0.185. The van der Waals surface area contributed by atoms with Gasteiger partial charge in [0.15, 0.2) is 0 Å². The molecule has 7 heteroatoms. The van der Waals surface area contributed by atoms with Crippen LogP contribution in [-0.2, 0) is 0 Å². The van der Waals surface area contributed by atoms with Gasteiger partial charge in [0.1, 0.15) is 0 Å². The fourth-order valence-electron chi connectivity index (χ4n) is 1.76. The minimum Gasteiger partial charge on any atom is -0.348 e. The van der Waals surface area contributed by atoms with Crippen molar-refractivity contribution in [2.24, 2.45) is 5.73 Å².